The Labute approximate surface area is 111 Å². The molecule has 4 heteroatoms. The molecule has 2 nitrogen and oxygen atoms in total. The first kappa shape index (κ1) is 13.6. The topological polar surface area (TPSA) is 24.9 Å². The Morgan fingerprint density at radius 3 is 2.42 bits per heavy atom. The van der Waals surface area contributed by atoms with E-state index in [9.17, 15) is 8.78 Å². The van der Waals surface area contributed by atoms with E-state index in [0.717, 1.165) is 17.5 Å². The fraction of sp³-hybridized carbons (Fsp3) is 0.267. The minimum Gasteiger partial charge on any atom is -0.305 e. The quantitative estimate of drug-likeness (QED) is 0.913. The van der Waals surface area contributed by atoms with Crippen LogP contribution in [0.3, 0.4) is 0 Å². The van der Waals surface area contributed by atoms with E-state index in [4.69, 9.17) is 0 Å². The third kappa shape index (κ3) is 3.35. The van der Waals surface area contributed by atoms with E-state index >= 15 is 0 Å². The van der Waals surface area contributed by atoms with Crippen LogP contribution in [-0.2, 0) is 0 Å². The van der Waals surface area contributed by atoms with Crippen molar-refractivity contribution in [2.45, 2.75) is 19.9 Å². The van der Waals surface area contributed by atoms with Gasteiger partial charge in [0.05, 0.1) is 11.7 Å². The van der Waals surface area contributed by atoms with E-state index < -0.39 is 11.6 Å². The van der Waals surface area contributed by atoms with E-state index in [0.29, 0.717) is 12.1 Å². The van der Waals surface area contributed by atoms with Gasteiger partial charge in [0.1, 0.15) is 11.6 Å². The molecule has 2 rings (SSSR count). The average Bonchev–Trinajstić information content (AvgIpc) is 2.34. The summed E-state index contributed by atoms with van der Waals surface area (Å²) in [4.78, 5) is 4.42. The standard InChI is InChI=1S/C15H16F2N2/c1-3-18-15(14-6-4-5-10(2)19-14)11-7-12(16)9-13(17)8-11/h4-9,15,18H,3H2,1-2H3. The first-order valence-electron chi connectivity index (χ1n) is 6.23. The van der Waals surface area contributed by atoms with Gasteiger partial charge in [0.2, 0.25) is 0 Å². The van der Waals surface area contributed by atoms with Crippen LogP contribution in [0.2, 0.25) is 0 Å². The number of benzene rings is 1. The second kappa shape index (κ2) is 5.89. The minimum atomic E-state index is -0.578. The van der Waals surface area contributed by atoms with Crippen molar-refractivity contribution >= 4 is 0 Å². The Morgan fingerprint density at radius 1 is 1.16 bits per heavy atom. The lowest BCUT2D eigenvalue weighted by molar-refractivity contribution is 0.561. The number of hydrogen-bond acceptors (Lipinski definition) is 2. The zero-order valence-corrected chi connectivity index (χ0v) is 11.0. The van der Waals surface area contributed by atoms with Crippen molar-refractivity contribution in [3.63, 3.8) is 0 Å². The monoisotopic (exact) mass is 262 g/mol. The van der Waals surface area contributed by atoms with Crippen LogP contribution in [0.1, 0.15) is 29.9 Å². The Bertz CT molecular complexity index is 550. The van der Waals surface area contributed by atoms with Gasteiger partial charge in [0.25, 0.3) is 0 Å². The number of halogens is 2. The Balaban J connectivity index is 2.44. The molecule has 0 amide bonds. The van der Waals surface area contributed by atoms with Gasteiger partial charge in [0.15, 0.2) is 0 Å². The Hall–Kier alpha value is -1.81. The molecule has 1 aromatic carbocycles. The van der Waals surface area contributed by atoms with Crippen LogP contribution >= 0.6 is 0 Å². The van der Waals surface area contributed by atoms with E-state index in [1.54, 1.807) is 0 Å². The summed E-state index contributed by atoms with van der Waals surface area (Å²) in [6.45, 7) is 4.51. The van der Waals surface area contributed by atoms with Gasteiger partial charge in [-0.25, -0.2) is 8.78 Å². The zero-order chi connectivity index (χ0) is 13.8. The number of hydrogen-bond donors (Lipinski definition) is 1. The lowest BCUT2D eigenvalue weighted by atomic mass is 10.0. The zero-order valence-electron chi connectivity index (χ0n) is 11.0. The molecular formula is C15H16F2N2. The van der Waals surface area contributed by atoms with Crippen molar-refractivity contribution in [1.82, 2.24) is 10.3 Å². The van der Waals surface area contributed by atoms with Gasteiger partial charge >= 0.3 is 0 Å². The third-order valence-electron chi connectivity index (χ3n) is 2.83. The summed E-state index contributed by atoms with van der Waals surface area (Å²) in [5.74, 6) is -1.16. The van der Waals surface area contributed by atoms with E-state index in [1.165, 1.54) is 12.1 Å². The highest BCUT2D eigenvalue weighted by molar-refractivity contribution is 5.29. The van der Waals surface area contributed by atoms with Crippen molar-refractivity contribution in [2.24, 2.45) is 0 Å². The van der Waals surface area contributed by atoms with Gasteiger partial charge in [-0.1, -0.05) is 13.0 Å². The lowest BCUT2D eigenvalue weighted by Crippen LogP contribution is -2.23. The first-order chi connectivity index (χ1) is 9.10. The van der Waals surface area contributed by atoms with Gasteiger partial charge < -0.3 is 5.32 Å². The molecule has 0 bridgehead atoms. The van der Waals surface area contributed by atoms with Gasteiger partial charge in [-0.05, 0) is 43.3 Å². The summed E-state index contributed by atoms with van der Waals surface area (Å²) in [6, 6.07) is 8.85. The van der Waals surface area contributed by atoms with Gasteiger partial charge in [0, 0.05) is 11.8 Å². The molecule has 2 aromatic rings. The molecule has 0 saturated heterocycles. The van der Waals surface area contributed by atoms with Crippen LogP contribution in [0.4, 0.5) is 8.78 Å². The predicted molar refractivity (Wildman–Crippen MR) is 70.9 cm³/mol. The SMILES string of the molecule is CCNC(c1cc(F)cc(F)c1)c1cccc(C)n1. The molecular weight excluding hydrogens is 246 g/mol. The predicted octanol–water partition coefficient (Wildman–Crippen LogP) is 3.37. The molecule has 1 heterocycles. The lowest BCUT2D eigenvalue weighted by Gasteiger charge is -2.18. The number of aryl methyl sites for hydroxylation is 1. The molecule has 1 unspecified atom stereocenters. The summed E-state index contributed by atoms with van der Waals surface area (Å²) in [6.07, 6.45) is 0. The maximum Gasteiger partial charge on any atom is 0.126 e. The molecule has 0 saturated carbocycles. The van der Waals surface area contributed by atoms with Crippen LogP contribution in [0.5, 0.6) is 0 Å². The molecule has 100 valence electrons. The van der Waals surface area contributed by atoms with Crippen molar-refractivity contribution in [3.8, 4) is 0 Å². The van der Waals surface area contributed by atoms with Gasteiger partial charge in [-0.3, -0.25) is 4.98 Å². The van der Waals surface area contributed by atoms with Crippen LogP contribution in [0, 0.1) is 18.6 Å². The number of pyridine rings is 1. The molecule has 19 heavy (non-hydrogen) atoms. The van der Waals surface area contributed by atoms with Crippen LogP contribution in [0.15, 0.2) is 36.4 Å². The van der Waals surface area contributed by atoms with E-state index in [1.807, 2.05) is 32.0 Å². The van der Waals surface area contributed by atoms with E-state index in [-0.39, 0.29) is 6.04 Å². The van der Waals surface area contributed by atoms with Crippen molar-refractivity contribution in [2.75, 3.05) is 6.54 Å². The second-order valence-electron chi connectivity index (χ2n) is 4.40. The van der Waals surface area contributed by atoms with E-state index in [2.05, 4.69) is 10.3 Å². The Morgan fingerprint density at radius 2 is 1.84 bits per heavy atom. The molecule has 1 atom stereocenters. The van der Waals surface area contributed by atoms with Crippen LogP contribution in [-0.4, -0.2) is 11.5 Å². The highest BCUT2D eigenvalue weighted by Gasteiger charge is 2.16. The molecule has 0 fully saturated rings. The van der Waals surface area contributed by atoms with Gasteiger partial charge in [-0.2, -0.15) is 0 Å². The molecule has 0 spiro atoms. The molecule has 1 N–H and O–H groups in total. The number of aromatic nitrogens is 1. The number of nitrogens with zero attached hydrogens (tertiary/aromatic N) is 1. The average molecular weight is 262 g/mol. The van der Waals surface area contributed by atoms with Crippen molar-refractivity contribution in [3.05, 3.63) is 65.0 Å². The molecule has 0 aliphatic rings. The molecule has 0 aliphatic heterocycles. The number of nitrogens with one attached hydrogen (secondary N) is 1. The minimum absolute atomic E-state index is 0.310. The first-order valence-corrected chi connectivity index (χ1v) is 6.23. The smallest absolute Gasteiger partial charge is 0.126 e. The second-order valence-corrected chi connectivity index (χ2v) is 4.40. The largest absolute Gasteiger partial charge is 0.305 e. The normalized spacial score (nSPS) is 12.4. The summed E-state index contributed by atoms with van der Waals surface area (Å²) in [7, 11) is 0. The maximum absolute atomic E-state index is 13.3. The molecule has 0 radical (unpaired) electrons. The third-order valence-corrected chi connectivity index (χ3v) is 2.83. The van der Waals surface area contributed by atoms with Crippen molar-refractivity contribution in [1.29, 1.82) is 0 Å². The summed E-state index contributed by atoms with van der Waals surface area (Å²) < 4.78 is 26.7. The fourth-order valence-electron chi connectivity index (χ4n) is 2.06. The Kier molecular flexibility index (Phi) is 4.22. The maximum atomic E-state index is 13.3. The number of rotatable bonds is 4. The fourth-order valence-corrected chi connectivity index (χ4v) is 2.06. The van der Waals surface area contributed by atoms with Gasteiger partial charge in [-0.15, -0.1) is 0 Å². The summed E-state index contributed by atoms with van der Waals surface area (Å²) >= 11 is 0. The highest BCUT2D eigenvalue weighted by atomic mass is 19.1. The van der Waals surface area contributed by atoms with Crippen molar-refractivity contribution < 1.29 is 8.78 Å². The van der Waals surface area contributed by atoms with Crippen LogP contribution in [0.25, 0.3) is 0 Å². The highest BCUT2D eigenvalue weighted by Crippen LogP contribution is 2.22. The van der Waals surface area contributed by atoms with Crippen LogP contribution < -0.4 is 5.32 Å². The molecule has 1 aromatic heterocycles. The molecule has 0 aliphatic carbocycles. The summed E-state index contributed by atoms with van der Waals surface area (Å²) in [5.41, 5.74) is 2.17. The summed E-state index contributed by atoms with van der Waals surface area (Å²) in [5, 5.41) is 3.20.